The Morgan fingerprint density at radius 1 is 0.892 bits per heavy atom. The fourth-order valence-corrected chi connectivity index (χ4v) is 3.80. The van der Waals surface area contributed by atoms with Crippen molar-refractivity contribution in [2.24, 2.45) is 0 Å². The van der Waals surface area contributed by atoms with E-state index in [1.807, 2.05) is 73.7 Å². The molecule has 0 radical (unpaired) electrons. The molecule has 5 nitrogen and oxygen atoms in total. The van der Waals surface area contributed by atoms with Crippen LogP contribution in [0.25, 0.3) is 0 Å². The van der Waals surface area contributed by atoms with Crippen molar-refractivity contribution in [3.63, 3.8) is 0 Å². The largest absolute Gasteiger partial charge is 0.489 e. The van der Waals surface area contributed by atoms with Gasteiger partial charge < -0.3 is 14.2 Å². The van der Waals surface area contributed by atoms with Crippen molar-refractivity contribution < 1.29 is 23.8 Å². The van der Waals surface area contributed by atoms with E-state index in [1.165, 1.54) is 6.08 Å². The Labute approximate surface area is 219 Å². The van der Waals surface area contributed by atoms with E-state index in [9.17, 15) is 9.59 Å². The fourth-order valence-electron chi connectivity index (χ4n) is 3.80. The molecule has 0 N–H and O–H groups in total. The van der Waals surface area contributed by atoms with E-state index in [4.69, 9.17) is 14.2 Å². The number of unbranched alkanes of at least 4 members (excludes halogenated alkanes) is 1. The van der Waals surface area contributed by atoms with Crippen LogP contribution in [0, 0.1) is 0 Å². The summed E-state index contributed by atoms with van der Waals surface area (Å²) in [5.41, 5.74) is 2.64. The van der Waals surface area contributed by atoms with Crippen LogP contribution in [0.4, 0.5) is 0 Å². The average molecular weight is 499 g/mol. The Morgan fingerprint density at radius 3 is 2.11 bits per heavy atom. The van der Waals surface area contributed by atoms with Gasteiger partial charge in [-0.2, -0.15) is 0 Å². The van der Waals surface area contributed by atoms with Crippen LogP contribution >= 0.6 is 0 Å². The number of ether oxygens (including phenoxy) is 3. The summed E-state index contributed by atoms with van der Waals surface area (Å²) >= 11 is 0. The van der Waals surface area contributed by atoms with E-state index in [0.717, 1.165) is 24.0 Å². The summed E-state index contributed by atoms with van der Waals surface area (Å²) in [5.74, 6) is 0.0527. The molecule has 0 aliphatic heterocycles. The van der Waals surface area contributed by atoms with Gasteiger partial charge in [-0.15, -0.1) is 6.58 Å². The third kappa shape index (κ3) is 8.80. The van der Waals surface area contributed by atoms with Crippen molar-refractivity contribution in [2.45, 2.75) is 51.9 Å². The molecule has 3 aromatic rings. The molecule has 0 fully saturated rings. The first-order valence-electron chi connectivity index (χ1n) is 12.5. The van der Waals surface area contributed by atoms with Crippen molar-refractivity contribution in [1.29, 1.82) is 0 Å². The average Bonchev–Trinajstić information content (AvgIpc) is 2.91. The minimum atomic E-state index is -0.532. The van der Waals surface area contributed by atoms with E-state index in [1.54, 1.807) is 12.1 Å². The van der Waals surface area contributed by atoms with E-state index < -0.39 is 5.97 Å². The first-order chi connectivity index (χ1) is 18.0. The predicted molar refractivity (Wildman–Crippen MR) is 146 cm³/mol. The molecule has 3 aromatic carbocycles. The summed E-state index contributed by atoms with van der Waals surface area (Å²) in [5, 5.41) is 0. The molecule has 0 spiro atoms. The number of carbonyl (C=O) groups excluding carboxylic acids is 2. The normalized spacial score (nSPS) is 11.3. The molecule has 0 amide bonds. The SMILES string of the molecule is C=CCCC[C@H](C)OC(=O)c1c(CC(=O)C=C)cc(OCc2ccccc2)cc1OCc1ccccc1. The van der Waals surface area contributed by atoms with Gasteiger partial charge in [0.25, 0.3) is 0 Å². The quantitative estimate of drug-likeness (QED) is 0.0973. The van der Waals surface area contributed by atoms with Crippen molar-refractivity contribution in [3.8, 4) is 11.5 Å². The molecule has 192 valence electrons. The number of hydrogen-bond acceptors (Lipinski definition) is 5. The van der Waals surface area contributed by atoms with Crippen molar-refractivity contribution in [2.75, 3.05) is 0 Å². The first-order valence-corrected chi connectivity index (χ1v) is 12.5. The Bertz CT molecular complexity index is 1180. The summed E-state index contributed by atoms with van der Waals surface area (Å²) < 4.78 is 18.0. The second-order valence-electron chi connectivity index (χ2n) is 8.79. The Kier molecular flexibility index (Phi) is 10.7. The third-order valence-electron chi connectivity index (χ3n) is 5.77. The molecule has 0 aliphatic rings. The Hall–Kier alpha value is -4.12. The van der Waals surface area contributed by atoms with E-state index in [-0.39, 0.29) is 30.5 Å². The zero-order valence-electron chi connectivity index (χ0n) is 21.4. The predicted octanol–water partition coefficient (Wildman–Crippen LogP) is 7.04. The summed E-state index contributed by atoms with van der Waals surface area (Å²) in [4.78, 5) is 25.8. The lowest BCUT2D eigenvalue weighted by Crippen LogP contribution is -2.19. The Morgan fingerprint density at radius 2 is 1.51 bits per heavy atom. The molecule has 1 atom stereocenters. The van der Waals surface area contributed by atoms with Gasteiger partial charge >= 0.3 is 5.97 Å². The lowest BCUT2D eigenvalue weighted by atomic mass is 10.00. The summed E-state index contributed by atoms with van der Waals surface area (Å²) in [6.45, 7) is 9.75. The van der Waals surface area contributed by atoms with Crippen molar-refractivity contribution >= 4 is 11.8 Å². The highest BCUT2D eigenvalue weighted by atomic mass is 16.5. The number of rotatable bonds is 15. The molecule has 0 bridgehead atoms. The smallest absolute Gasteiger partial charge is 0.342 e. The van der Waals surface area contributed by atoms with Gasteiger partial charge in [-0.25, -0.2) is 4.79 Å². The molecular formula is C32H34O5. The number of esters is 1. The van der Waals surface area contributed by atoms with Crippen LogP contribution in [0.5, 0.6) is 11.5 Å². The zero-order chi connectivity index (χ0) is 26.5. The molecule has 0 aliphatic carbocycles. The number of hydrogen-bond donors (Lipinski definition) is 0. The van der Waals surface area contributed by atoms with E-state index in [2.05, 4.69) is 13.2 Å². The molecule has 37 heavy (non-hydrogen) atoms. The highest BCUT2D eigenvalue weighted by Gasteiger charge is 2.24. The van der Waals surface area contributed by atoms with Gasteiger partial charge in [-0.1, -0.05) is 73.3 Å². The monoisotopic (exact) mass is 498 g/mol. The van der Waals surface area contributed by atoms with Crippen LogP contribution in [0.1, 0.15) is 53.2 Å². The Balaban J connectivity index is 1.95. The highest BCUT2D eigenvalue weighted by Crippen LogP contribution is 2.32. The van der Waals surface area contributed by atoms with Crippen LogP contribution in [0.3, 0.4) is 0 Å². The molecule has 0 saturated carbocycles. The lowest BCUT2D eigenvalue weighted by molar-refractivity contribution is -0.114. The molecule has 5 heteroatoms. The number of allylic oxidation sites excluding steroid dienone is 2. The molecule has 0 saturated heterocycles. The molecule has 0 aromatic heterocycles. The summed E-state index contributed by atoms with van der Waals surface area (Å²) in [7, 11) is 0. The number of benzene rings is 3. The number of carbonyl (C=O) groups is 2. The second kappa shape index (κ2) is 14.4. The van der Waals surface area contributed by atoms with Gasteiger partial charge in [0.2, 0.25) is 0 Å². The summed E-state index contributed by atoms with van der Waals surface area (Å²) in [6, 6.07) is 22.8. The van der Waals surface area contributed by atoms with Crippen LogP contribution in [-0.2, 0) is 29.2 Å². The fraction of sp³-hybridized carbons (Fsp3) is 0.250. The number of ketones is 1. The molecule has 0 unspecified atom stereocenters. The third-order valence-corrected chi connectivity index (χ3v) is 5.77. The first kappa shape index (κ1) is 27.5. The standard InChI is InChI=1S/C32H34O5/c1-4-6-9-14-24(3)37-32(34)31-27(19-28(33)5-2)20-29(35-22-25-15-10-7-11-16-25)21-30(31)36-23-26-17-12-8-13-18-26/h4-5,7-8,10-13,15-18,20-21,24H,1-2,6,9,14,19,22-23H2,3H3/t24-/m0/s1. The van der Waals surface area contributed by atoms with Gasteiger partial charge in [0.15, 0.2) is 5.78 Å². The second-order valence-corrected chi connectivity index (χ2v) is 8.79. The van der Waals surface area contributed by atoms with Crippen LogP contribution in [0.15, 0.2) is 98.1 Å². The maximum Gasteiger partial charge on any atom is 0.342 e. The summed E-state index contributed by atoms with van der Waals surface area (Å²) in [6.07, 6.45) is 5.18. The van der Waals surface area contributed by atoms with Crippen molar-refractivity contribution in [3.05, 3.63) is 120 Å². The minimum absolute atomic E-state index is 0.0248. The highest BCUT2D eigenvalue weighted by molar-refractivity contribution is 5.98. The zero-order valence-corrected chi connectivity index (χ0v) is 21.4. The van der Waals surface area contributed by atoms with Crippen molar-refractivity contribution in [1.82, 2.24) is 0 Å². The lowest BCUT2D eigenvalue weighted by Gasteiger charge is -2.19. The minimum Gasteiger partial charge on any atom is -0.489 e. The topological polar surface area (TPSA) is 61.8 Å². The molecular weight excluding hydrogens is 464 g/mol. The molecule has 0 heterocycles. The van der Waals surface area contributed by atoms with Crippen LogP contribution in [0.2, 0.25) is 0 Å². The van der Waals surface area contributed by atoms with Gasteiger partial charge in [0, 0.05) is 12.5 Å². The maximum atomic E-state index is 13.4. The van der Waals surface area contributed by atoms with Gasteiger partial charge in [-0.05, 0) is 55.0 Å². The van der Waals surface area contributed by atoms with Gasteiger partial charge in [0.05, 0.1) is 6.10 Å². The van der Waals surface area contributed by atoms with Gasteiger partial charge in [-0.3, -0.25) is 4.79 Å². The molecule has 3 rings (SSSR count). The van der Waals surface area contributed by atoms with E-state index in [0.29, 0.717) is 30.1 Å². The van der Waals surface area contributed by atoms with Crippen LogP contribution < -0.4 is 9.47 Å². The van der Waals surface area contributed by atoms with Gasteiger partial charge in [0.1, 0.15) is 30.3 Å². The maximum absolute atomic E-state index is 13.4. The van der Waals surface area contributed by atoms with E-state index >= 15 is 0 Å². The van der Waals surface area contributed by atoms with Crippen LogP contribution in [-0.4, -0.2) is 17.9 Å².